The van der Waals surface area contributed by atoms with Crippen LogP contribution in [-0.2, 0) is 6.61 Å². The lowest BCUT2D eigenvalue weighted by Gasteiger charge is -2.06. The molecule has 134 valence electrons. The minimum atomic E-state index is -0.309. The Kier molecular flexibility index (Phi) is 5.59. The minimum absolute atomic E-state index is 0.237. The normalized spacial score (nSPS) is 10.4. The molecule has 5 heteroatoms. The third kappa shape index (κ3) is 4.66. The van der Waals surface area contributed by atoms with E-state index in [4.69, 9.17) is 13.9 Å². The summed E-state index contributed by atoms with van der Waals surface area (Å²) in [6, 6.07) is 18.3. The second-order valence-corrected chi connectivity index (χ2v) is 5.78. The van der Waals surface area contributed by atoms with Gasteiger partial charge in [-0.1, -0.05) is 17.7 Å². The number of anilines is 1. The molecule has 0 aliphatic rings. The summed E-state index contributed by atoms with van der Waals surface area (Å²) in [4.78, 5) is 12.3. The first-order valence-corrected chi connectivity index (χ1v) is 8.46. The topological polar surface area (TPSA) is 60.7 Å². The number of hydrogen-bond donors (Lipinski definition) is 1. The van der Waals surface area contributed by atoms with Crippen LogP contribution in [0, 0.1) is 6.92 Å². The number of hydrogen-bond acceptors (Lipinski definition) is 4. The SMILES string of the molecule is CCOc1ccc(NC(=O)c2ccc(COc3ccc(C)cc3)o2)cc1. The van der Waals surface area contributed by atoms with Gasteiger partial charge in [0.15, 0.2) is 5.76 Å². The number of furan rings is 1. The highest BCUT2D eigenvalue weighted by Gasteiger charge is 2.12. The standard InChI is InChI=1S/C21H21NO4/c1-3-24-17-10-6-16(7-11-17)22-21(23)20-13-12-19(26-20)14-25-18-8-4-15(2)5-9-18/h4-13H,3,14H2,1-2H3,(H,22,23). The summed E-state index contributed by atoms with van der Waals surface area (Å²) in [7, 11) is 0. The van der Waals surface area contributed by atoms with Gasteiger partial charge in [0.2, 0.25) is 0 Å². The summed E-state index contributed by atoms with van der Waals surface area (Å²) in [5.74, 6) is 2.03. The Morgan fingerprint density at radius 2 is 1.58 bits per heavy atom. The van der Waals surface area contributed by atoms with Gasteiger partial charge in [-0.3, -0.25) is 4.79 Å². The highest BCUT2D eigenvalue weighted by Crippen LogP contribution is 2.18. The molecule has 0 atom stereocenters. The summed E-state index contributed by atoms with van der Waals surface area (Å²) >= 11 is 0. The Morgan fingerprint density at radius 3 is 2.27 bits per heavy atom. The average molecular weight is 351 g/mol. The third-order valence-electron chi connectivity index (χ3n) is 3.71. The quantitative estimate of drug-likeness (QED) is 0.663. The number of carbonyl (C=O) groups excluding carboxylic acids is 1. The molecule has 1 aromatic heterocycles. The van der Waals surface area contributed by atoms with E-state index in [9.17, 15) is 4.79 Å². The van der Waals surface area contributed by atoms with Crippen LogP contribution < -0.4 is 14.8 Å². The number of nitrogens with one attached hydrogen (secondary N) is 1. The highest BCUT2D eigenvalue weighted by molar-refractivity contribution is 6.02. The highest BCUT2D eigenvalue weighted by atomic mass is 16.5. The van der Waals surface area contributed by atoms with E-state index in [1.807, 2.05) is 50.2 Å². The van der Waals surface area contributed by atoms with Gasteiger partial charge in [-0.25, -0.2) is 0 Å². The number of benzene rings is 2. The molecule has 3 aromatic rings. The van der Waals surface area contributed by atoms with Crippen molar-refractivity contribution in [3.05, 3.63) is 77.7 Å². The lowest BCUT2D eigenvalue weighted by molar-refractivity contribution is 0.0992. The lowest BCUT2D eigenvalue weighted by atomic mass is 10.2. The molecule has 0 saturated carbocycles. The Labute approximate surface area is 152 Å². The van der Waals surface area contributed by atoms with Crippen molar-refractivity contribution in [2.45, 2.75) is 20.5 Å². The first kappa shape index (κ1) is 17.6. The number of amides is 1. The maximum atomic E-state index is 12.3. The van der Waals surface area contributed by atoms with Crippen molar-refractivity contribution < 1.29 is 18.7 Å². The van der Waals surface area contributed by atoms with E-state index in [1.54, 1.807) is 24.3 Å². The fourth-order valence-electron chi connectivity index (χ4n) is 2.36. The summed E-state index contributed by atoms with van der Waals surface area (Å²) < 4.78 is 16.6. The molecule has 0 radical (unpaired) electrons. The molecule has 0 aliphatic heterocycles. The fourth-order valence-corrected chi connectivity index (χ4v) is 2.36. The van der Waals surface area contributed by atoms with Crippen LogP contribution in [0.1, 0.15) is 28.8 Å². The molecule has 0 aliphatic carbocycles. The van der Waals surface area contributed by atoms with Crippen LogP contribution in [0.2, 0.25) is 0 Å². The monoisotopic (exact) mass is 351 g/mol. The summed E-state index contributed by atoms with van der Waals surface area (Å²) in [5.41, 5.74) is 1.84. The van der Waals surface area contributed by atoms with E-state index in [-0.39, 0.29) is 18.3 Å². The van der Waals surface area contributed by atoms with Crippen molar-refractivity contribution in [3.63, 3.8) is 0 Å². The zero-order valence-corrected chi connectivity index (χ0v) is 14.8. The van der Waals surface area contributed by atoms with Crippen LogP contribution in [0.4, 0.5) is 5.69 Å². The predicted molar refractivity (Wildman–Crippen MR) is 99.8 cm³/mol. The molecule has 3 rings (SSSR count). The zero-order valence-electron chi connectivity index (χ0n) is 14.8. The van der Waals surface area contributed by atoms with Crippen LogP contribution >= 0.6 is 0 Å². The molecule has 0 unspecified atom stereocenters. The molecule has 5 nitrogen and oxygen atoms in total. The zero-order chi connectivity index (χ0) is 18.4. The van der Waals surface area contributed by atoms with Gasteiger partial charge < -0.3 is 19.2 Å². The van der Waals surface area contributed by atoms with Gasteiger partial charge >= 0.3 is 0 Å². The smallest absolute Gasteiger partial charge is 0.291 e. The maximum absolute atomic E-state index is 12.3. The van der Waals surface area contributed by atoms with Gasteiger partial charge in [0, 0.05) is 5.69 Å². The molecule has 0 spiro atoms. The van der Waals surface area contributed by atoms with Crippen LogP contribution in [0.25, 0.3) is 0 Å². The van der Waals surface area contributed by atoms with E-state index in [0.29, 0.717) is 18.1 Å². The Hall–Kier alpha value is -3.21. The molecule has 0 fully saturated rings. The summed E-state index contributed by atoms with van der Waals surface area (Å²) in [5, 5.41) is 2.79. The third-order valence-corrected chi connectivity index (χ3v) is 3.71. The molecule has 1 amide bonds. The van der Waals surface area contributed by atoms with E-state index in [2.05, 4.69) is 5.32 Å². The first-order chi connectivity index (χ1) is 12.6. The van der Waals surface area contributed by atoms with Crippen LogP contribution in [0.15, 0.2) is 65.1 Å². The van der Waals surface area contributed by atoms with E-state index >= 15 is 0 Å². The van der Waals surface area contributed by atoms with E-state index in [1.165, 1.54) is 5.56 Å². The molecular formula is C21H21NO4. The Balaban J connectivity index is 1.56. The van der Waals surface area contributed by atoms with Gasteiger partial charge in [0.05, 0.1) is 6.61 Å². The van der Waals surface area contributed by atoms with E-state index in [0.717, 1.165) is 11.5 Å². The van der Waals surface area contributed by atoms with Crippen molar-refractivity contribution in [3.8, 4) is 11.5 Å². The molecule has 1 heterocycles. The molecule has 2 aromatic carbocycles. The van der Waals surface area contributed by atoms with Crippen molar-refractivity contribution in [1.29, 1.82) is 0 Å². The van der Waals surface area contributed by atoms with Crippen LogP contribution in [0.3, 0.4) is 0 Å². The van der Waals surface area contributed by atoms with Gasteiger partial charge in [-0.15, -0.1) is 0 Å². The van der Waals surface area contributed by atoms with Gasteiger partial charge in [-0.2, -0.15) is 0 Å². The second-order valence-electron chi connectivity index (χ2n) is 5.78. The van der Waals surface area contributed by atoms with Crippen LogP contribution in [-0.4, -0.2) is 12.5 Å². The van der Waals surface area contributed by atoms with Crippen molar-refractivity contribution >= 4 is 11.6 Å². The molecule has 26 heavy (non-hydrogen) atoms. The van der Waals surface area contributed by atoms with E-state index < -0.39 is 0 Å². The Morgan fingerprint density at radius 1 is 0.923 bits per heavy atom. The average Bonchev–Trinajstić information content (AvgIpc) is 3.12. The molecule has 0 saturated heterocycles. The van der Waals surface area contributed by atoms with Gasteiger partial charge in [0.1, 0.15) is 23.9 Å². The number of ether oxygens (including phenoxy) is 2. The van der Waals surface area contributed by atoms with Gasteiger partial charge in [0.25, 0.3) is 5.91 Å². The number of rotatable bonds is 7. The largest absolute Gasteiger partial charge is 0.494 e. The fraction of sp³-hybridized carbons (Fsp3) is 0.190. The Bertz CT molecular complexity index is 850. The maximum Gasteiger partial charge on any atom is 0.291 e. The van der Waals surface area contributed by atoms with Gasteiger partial charge in [-0.05, 0) is 62.4 Å². The predicted octanol–water partition coefficient (Wildman–Crippen LogP) is 4.82. The lowest BCUT2D eigenvalue weighted by Crippen LogP contribution is -2.10. The molecule has 0 bridgehead atoms. The first-order valence-electron chi connectivity index (χ1n) is 8.46. The molecular weight excluding hydrogens is 330 g/mol. The van der Waals surface area contributed by atoms with Crippen LogP contribution in [0.5, 0.6) is 11.5 Å². The van der Waals surface area contributed by atoms with Crippen molar-refractivity contribution in [1.82, 2.24) is 0 Å². The molecule has 1 N–H and O–H groups in total. The minimum Gasteiger partial charge on any atom is -0.494 e. The summed E-state index contributed by atoms with van der Waals surface area (Å²) in [6.45, 7) is 4.81. The summed E-state index contributed by atoms with van der Waals surface area (Å²) in [6.07, 6.45) is 0. The number of carbonyl (C=O) groups is 1. The number of aryl methyl sites for hydroxylation is 1. The second kappa shape index (κ2) is 8.25. The van der Waals surface area contributed by atoms with Crippen molar-refractivity contribution in [2.24, 2.45) is 0 Å². The van der Waals surface area contributed by atoms with Crippen molar-refractivity contribution in [2.75, 3.05) is 11.9 Å².